The van der Waals surface area contributed by atoms with Crippen molar-refractivity contribution in [2.24, 2.45) is 11.7 Å². The van der Waals surface area contributed by atoms with Crippen molar-refractivity contribution in [3.63, 3.8) is 0 Å². The van der Waals surface area contributed by atoms with Crippen molar-refractivity contribution < 1.29 is 8.42 Å². The van der Waals surface area contributed by atoms with E-state index in [1.165, 1.54) is 0 Å². The lowest BCUT2D eigenvalue weighted by Crippen LogP contribution is -2.38. The monoisotopic (exact) mass is 328 g/mol. The fourth-order valence-corrected chi connectivity index (χ4v) is 4.17. The van der Waals surface area contributed by atoms with E-state index in [0.29, 0.717) is 17.0 Å². The third kappa shape index (κ3) is 4.49. The molecule has 1 aromatic rings. The maximum absolute atomic E-state index is 12.5. The molecule has 118 valence electrons. The van der Waals surface area contributed by atoms with Gasteiger partial charge in [0, 0.05) is 11.6 Å². The topological polar surface area (TPSA) is 72.2 Å². The molecule has 0 aliphatic carbocycles. The summed E-state index contributed by atoms with van der Waals surface area (Å²) in [5, 5.41) is 0. The van der Waals surface area contributed by atoms with Gasteiger partial charge in [-0.05, 0) is 37.5 Å². The van der Waals surface area contributed by atoms with Gasteiger partial charge in [-0.3, -0.25) is 0 Å². The molecule has 0 saturated heterocycles. The summed E-state index contributed by atoms with van der Waals surface area (Å²) >= 11 is 4.91. The summed E-state index contributed by atoms with van der Waals surface area (Å²) in [7, 11) is -3.53. The van der Waals surface area contributed by atoms with Gasteiger partial charge >= 0.3 is 0 Å². The Hall–Kier alpha value is -0.980. The van der Waals surface area contributed by atoms with Crippen molar-refractivity contribution in [3.8, 4) is 0 Å². The molecule has 21 heavy (non-hydrogen) atoms. The second kappa shape index (κ2) is 7.33. The molecule has 1 rings (SSSR count). The molecular weight excluding hydrogens is 304 g/mol. The van der Waals surface area contributed by atoms with Gasteiger partial charge in [0.1, 0.15) is 4.99 Å². The third-order valence-electron chi connectivity index (χ3n) is 3.85. The Kier molecular flexibility index (Phi) is 6.31. The Morgan fingerprint density at radius 1 is 1.33 bits per heavy atom. The molecule has 0 aromatic heterocycles. The van der Waals surface area contributed by atoms with E-state index in [9.17, 15) is 8.42 Å². The molecule has 0 spiro atoms. The van der Waals surface area contributed by atoms with Gasteiger partial charge in [0.05, 0.1) is 4.90 Å². The number of rotatable bonds is 7. The summed E-state index contributed by atoms with van der Waals surface area (Å²) < 4.78 is 27.8. The molecule has 0 aliphatic rings. The van der Waals surface area contributed by atoms with Gasteiger partial charge in [-0.1, -0.05) is 45.0 Å². The predicted octanol–water partition coefficient (Wildman–Crippen LogP) is 2.73. The van der Waals surface area contributed by atoms with Crippen LogP contribution in [0.2, 0.25) is 0 Å². The van der Waals surface area contributed by atoms with Crippen molar-refractivity contribution in [3.05, 3.63) is 29.3 Å². The molecular formula is C15H24N2O2S2. The SMILES string of the molecule is CCC(CC)C(C)NS(=O)(=O)c1ccc(C(N)=S)cc1C. The highest BCUT2D eigenvalue weighted by molar-refractivity contribution is 7.89. The Morgan fingerprint density at radius 2 is 1.90 bits per heavy atom. The molecule has 3 N–H and O–H groups in total. The van der Waals surface area contributed by atoms with Gasteiger partial charge in [0.25, 0.3) is 0 Å². The molecule has 6 heteroatoms. The molecule has 4 nitrogen and oxygen atoms in total. The first-order chi connectivity index (χ1) is 9.72. The van der Waals surface area contributed by atoms with Crippen molar-refractivity contribution in [1.29, 1.82) is 0 Å². The van der Waals surface area contributed by atoms with E-state index < -0.39 is 10.0 Å². The predicted molar refractivity (Wildman–Crippen MR) is 90.9 cm³/mol. The van der Waals surface area contributed by atoms with E-state index in [4.69, 9.17) is 18.0 Å². The van der Waals surface area contributed by atoms with Crippen LogP contribution in [0, 0.1) is 12.8 Å². The standard InChI is InChI=1S/C15H24N2O2S2/c1-5-12(6-2)11(4)17-21(18,19)14-8-7-13(15(16)20)9-10(14)3/h7-9,11-12,17H,5-6H2,1-4H3,(H2,16,20). The van der Waals surface area contributed by atoms with Crippen LogP contribution in [0.15, 0.2) is 23.1 Å². The zero-order valence-electron chi connectivity index (χ0n) is 13.0. The summed E-state index contributed by atoms with van der Waals surface area (Å²) in [5.41, 5.74) is 6.88. The molecule has 1 unspecified atom stereocenters. The highest BCUT2D eigenvalue weighted by Crippen LogP contribution is 2.20. The van der Waals surface area contributed by atoms with Crippen LogP contribution in [-0.2, 0) is 10.0 Å². The largest absolute Gasteiger partial charge is 0.389 e. The normalized spacial score (nSPS) is 13.4. The average molecular weight is 329 g/mol. The minimum atomic E-state index is -3.53. The maximum atomic E-state index is 12.5. The number of aryl methyl sites for hydroxylation is 1. The smallest absolute Gasteiger partial charge is 0.241 e. The summed E-state index contributed by atoms with van der Waals surface area (Å²) in [6, 6.07) is 4.82. The first-order valence-corrected chi connectivity index (χ1v) is 9.04. The van der Waals surface area contributed by atoms with Crippen LogP contribution in [0.3, 0.4) is 0 Å². The van der Waals surface area contributed by atoms with E-state index in [0.717, 1.165) is 12.8 Å². The van der Waals surface area contributed by atoms with Gasteiger partial charge in [-0.25, -0.2) is 13.1 Å². The lowest BCUT2D eigenvalue weighted by atomic mass is 9.96. The number of thiocarbonyl (C=S) groups is 1. The summed E-state index contributed by atoms with van der Waals surface area (Å²) in [5.74, 6) is 0.330. The second-order valence-corrected chi connectivity index (χ2v) is 7.45. The fourth-order valence-electron chi connectivity index (χ4n) is 2.50. The first-order valence-electron chi connectivity index (χ1n) is 7.15. The lowest BCUT2D eigenvalue weighted by molar-refractivity contribution is 0.390. The van der Waals surface area contributed by atoms with Gasteiger partial charge in [0.2, 0.25) is 10.0 Å². The van der Waals surface area contributed by atoms with Crippen LogP contribution >= 0.6 is 12.2 Å². The van der Waals surface area contributed by atoms with E-state index in [2.05, 4.69) is 18.6 Å². The Bertz CT molecular complexity index is 608. The van der Waals surface area contributed by atoms with Crippen molar-refractivity contribution in [2.75, 3.05) is 0 Å². The van der Waals surface area contributed by atoms with Crippen LogP contribution < -0.4 is 10.5 Å². The summed E-state index contributed by atoms with van der Waals surface area (Å²) in [6.45, 7) is 7.80. The maximum Gasteiger partial charge on any atom is 0.241 e. The fraction of sp³-hybridized carbons (Fsp3) is 0.533. The van der Waals surface area contributed by atoms with Gasteiger partial charge in [-0.15, -0.1) is 0 Å². The Labute approximate surface area is 133 Å². The van der Waals surface area contributed by atoms with Crippen LogP contribution in [0.5, 0.6) is 0 Å². The minimum Gasteiger partial charge on any atom is -0.389 e. The highest BCUT2D eigenvalue weighted by atomic mass is 32.2. The molecule has 1 atom stereocenters. The zero-order chi connectivity index (χ0) is 16.2. The second-order valence-electron chi connectivity index (χ2n) is 5.33. The number of hydrogen-bond acceptors (Lipinski definition) is 3. The van der Waals surface area contributed by atoms with Crippen LogP contribution in [0.1, 0.15) is 44.7 Å². The van der Waals surface area contributed by atoms with E-state index in [-0.39, 0.29) is 15.9 Å². The first kappa shape index (κ1) is 18.1. The van der Waals surface area contributed by atoms with Gasteiger partial charge in [-0.2, -0.15) is 0 Å². The molecule has 0 radical (unpaired) electrons. The number of nitrogens with two attached hydrogens (primary N) is 1. The van der Waals surface area contributed by atoms with Gasteiger partial charge in [0.15, 0.2) is 0 Å². The summed E-state index contributed by atoms with van der Waals surface area (Å²) in [4.78, 5) is 0.542. The van der Waals surface area contributed by atoms with Crippen molar-refractivity contribution in [1.82, 2.24) is 4.72 Å². The zero-order valence-corrected chi connectivity index (χ0v) is 14.6. The number of benzene rings is 1. The van der Waals surface area contributed by atoms with Crippen molar-refractivity contribution >= 4 is 27.2 Å². The van der Waals surface area contributed by atoms with E-state index in [1.54, 1.807) is 25.1 Å². The number of hydrogen-bond donors (Lipinski definition) is 2. The van der Waals surface area contributed by atoms with E-state index in [1.807, 2.05) is 6.92 Å². The number of sulfonamides is 1. The molecule has 0 bridgehead atoms. The molecule has 0 saturated carbocycles. The lowest BCUT2D eigenvalue weighted by Gasteiger charge is -2.23. The van der Waals surface area contributed by atoms with Gasteiger partial charge < -0.3 is 5.73 Å². The van der Waals surface area contributed by atoms with Crippen LogP contribution in [0.4, 0.5) is 0 Å². The van der Waals surface area contributed by atoms with Crippen molar-refractivity contribution in [2.45, 2.75) is 51.5 Å². The average Bonchev–Trinajstić information content (AvgIpc) is 2.38. The number of nitrogens with one attached hydrogen (secondary N) is 1. The van der Waals surface area contributed by atoms with Crippen LogP contribution in [0.25, 0.3) is 0 Å². The van der Waals surface area contributed by atoms with Crippen LogP contribution in [-0.4, -0.2) is 19.4 Å². The molecule has 0 amide bonds. The third-order valence-corrected chi connectivity index (χ3v) is 5.80. The Morgan fingerprint density at radius 3 is 2.33 bits per heavy atom. The molecule has 1 aromatic carbocycles. The quantitative estimate of drug-likeness (QED) is 0.755. The molecule has 0 fully saturated rings. The summed E-state index contributed by atoms with van der Waals surface area (Å²) in [6.07, 6.45) is 1.89. The highest BCUT2D eigenvalue weighted by Gasteiger charge is 2.23. The minimum absolute atomic E-state index is 0.0975. The molecule has 0 heterocycles. The van der Waals surface area contributed by atoms with E-state index >= 15 is 0 Å². The molecule has 0 aliphatic heterocycles. The Balaban J connectivity index is 3.06.